The van der Waals surface area contributed by atoms with Gasteiger partial charge in [0.1, 0.15) is 5.75 Å². The molecule has 8 heteroatoms. The van der Waals surface area contributed by atoms with E-state index in [0.29, 0.717) is 10.8 Å². The van der Waals surface area contributed by atoms with Crippen LogP contribution in [0.2, 0.25) is 0 Å². The summed E-state index contributed by atoms with van der Waals surface area (Å²) in [6, 6.07) is 5.44. The Morgan fingerprint density at radius 1 is 1.33 bits per heavy atom. The lowest BCUT2D eigenvalue weighted by Crippen LogP contribution is -2.13. The van der Waals surface area contributed by atoms with Gasteiger partial charge in [0, 0.05) is 35.6 Å². The molecule has 96 valence electrons. The Labute approximate surface area is 113 Å². The molecule has 0 aromatic carbocycles. The highest BCUT2D eigenvalue weighted by Gasteiger charge is 2.27. The van der Waals surface area contributed by atoms with Crippen LogP contribution in [-0.4, -0.2) is 26.0 Å². The van der Waals surface area contributed by atoms with Gasteiger partial charge in [0.25, 0.3) is 0 Å². The van der Waals surface area contributed by atoms with Gasteiger partial charge in [-0.25, -0.2) is 4.98 Å². The molecule has 0 saturated heterocycles. The van der Waals surface area contributed by atoms with E-state index in [2.05, 4.69) is 25.7 Å². The molecule has 0 N–H and O–H groups in total. The first-order valence-corrected chi connectivity index (χ1v) is 7.77. The number of thioether (sulfide) groups is 1. The average Bonchev–Trinajstić information content (AvgIpc) is 2.83. The number of pyridine rings is 1. The molecule has 6 nitrogen and oxygen atoms in total. The van der Waals surface area contributed by atoms with E-state index in [1.807, 2.05) is 19.1 Å². The molecule has 18 heavy (non-hydrogen) atoms. The van der Waals surface area contributed by atoms with Crippen LogP contribution in [0.25, 0.3) is 0 Å². The van der Waals surface area contributed by atoms with Crippen LogP contribution in [0.3, 0.4) is 0 Å². The van der Waals surface area contributed by atoms with Gasteiger partial charge in [-0.2, -0.15) is 0 Å². The van der Waals surface area contributed by atoms with Crippen LogP contribution >= 0.6 is 11.8 Å². The van der Waals surface area contributed by atoms with Gasteiger partial charge in [-0.3, -0.25) is 0 Å². The topological polar surface area (TPSA) is 85.4 Å². The molecule has 0 spiro atoms. The molecule has 1 aromatic heterocycles. The molecule has 0 aliphatic carbocycles. The van der Waals surface area contributed by atoms with E-state index < -0.39 is 16.2 Å². The third kappa shape index (κ3) is 3.76. The minimum atomic E-state index is -1.03. The Bertz CT molecular complexity index is 427. The molecule has 0 amide bonds. The molecule has 1 atom stereocenters. The van der Waals surface area contributed by atoms with Crippen molar-refractivity contribution in [2.45, 2.75) is 23.4 Å². The van der Waals surface area contributed by atoms with Crippen LogP contribution < -0.4 is 0 Å². The fourth-order valence-corrected chi connectivity index (χ4v) is 3.40. The second-order valence-corrected chi connectivity index (χ2v) is 6.72. The van der Waals surface area contributed by atoms with Crippen molar-refractivity contribution in [1.82, 2.24) is 4.98 Å². The van der Waals surface area contributed by atoms with E-state index in [0.717, 1.165) is 12.2 Å². The predicted molar refractivity (Wildman–Crippen MR) is 70.7 cm³/mol. The molecule has 0 saturated carbocycles. The van der Waals surface area contributed by atoms with Gasteiger partial charge >= 0.3 is 0 Å². The van der Waals surface area contributed by atoms with Crippen molar-refractivity contribution in [3.8, 4) is 0 Å². The van der Waals surface area contributed by atoms with E-state index in [9.17, 15) is 4.55 Å². The van der Waals surface area contributed by atoms with Crippen LogP contribution in [0.5, 0.6) is 0 Å². The van der Waals surface area contributed by atoms with Crippen LogP contribution in [0.15, 0.2) is 50.1 Å². The summed E-state index contributed by atoms with van der Waals surface area (Å²) in [6.45, 7) is 1.85. The summed E-state index contributed by atoms with van der Waals surface area (Å²) in [6.07, 6.45) is 2.47. The zero-order valence-corrected chi connectivity index (χ0v) is 11.5. The third-order valence-electron chi connectivity index (χ3n) is 2.22. The van der Waals surface area contributed by atoms with Crippen molar-refractivity contribution in [1.29, 1.82) is 0 Å². The van der Waals surface area contributed by atoms with Crippen molar-refractivity contribution < 1.29 is 4.55 Å². The Kier molecular flexibility index (Phi) is 4.67. The highest BCUT2D eigenvalue weighted by molar-refractivity contribution is 8.00. The molecule has 1 aliphatic rings. The molecule has 1 unspecified atom stereocenters. The highest BCUT2D eigenvalue weighted by atomic mass is 32.2. The van der Waals surface area contributed by atoms with Gasteiger partial charge in [-0.05, 0) is 23.4 Å². The van der Waals surface area contributed by atoms with E-state index in [4.69, 9.17) is 0 Å². The van der Waals surface area contributed by atoms with E-state index in [1.165, 1.54) is 0 Å². The maximum Gasteiger partial charge on any atom is 0.244 e. The van der Waals surface area contributed by atoms with Gasteiger partial charge in [-0.1, -0.05) is 6.07 Å². The monoisotopic (exact) mass is 283 g/mol. The van der Waals surface area contributed by atoms with Gasteiger partial charge in [-0.15, -0.1) is 22.0 Å². The van der Waals surface area contributed by atoms with Crippen LogP contribution in [0.4, 0.5) is 0 Å². The number of hydrogen-bond acceptors (Lipinski definition) is 7. The first-order chi connectivity index (χ1) is 8.70. The minimum absolute atomic E-state index is 0.591. The summed E-state index contributed by atoms with van der Waals surface area (Å²) in [5.41, 5.74) is 0. The molecular weight excluding hydrogens is 270 g/mol. The van der Waals surface area contributed by atoms with Crippen molar-refractivity contribution >= 4 is 22.9 Å². The van der Waals surface area contributed by atoms with E-state index in [1.54, 1.807) is 24.0 Å². The Morgan fingerprint density at radius 3 is 2.78 bits per heavy atom. The second kappa shape index (κ2) is 6.26. The van der Waals surface area contributed by atoms with E-state index in [-0.39, 0.29) is 0 Å². The smallest absolute Gasteiger partial charge is 0.244 e. The molecule has 2 heterocycles. The summed E-state index contributed by atoms with van der Waals surface area (Å²) >= 11 is 0.515. The van der Waals surface area contributed by atoms with Crippen LogP contribution in [0.1, 0.15) is 13.3 Å². The van der Waals surface area contributed by atoms with Crippen molar-refractivity contribution in [2.75, 3.05) is 11.5 Å². The zero-order valence-electron chi connectivity index (χ0n) is 9.89. The second-order valence-electron chi connectivity index (χ2n) is 3.73. The summed E-state index contributed by atoms with van der Waals surface area (Å²) in [4.78, 5) is 3.48. The molecular formula is C10H13N5OS2. The summed E-state index contributed by atoms with van der Waals surface area (Å²) in [5, 5.41) is 15.4. The predicted octanol–water partition coefficient (Wildman–Crippen LogP) is 2.82. The first-order valence-electron chi connectivity index (χ1n) is 5.47. The minimum Gasteiger partial charge on any atom is -0.610 e. The molecule has 1 aromatic rings. The first kappa shape index (κ1) is 13.4. The Hall–Kier alpha value is -0.990. The lowest BCUT2D eigenvalue weighted by atomic mass is 10.5. The maximum atomic E-state index is 11.9. The standard InChI is InChI=1S/C10H13N5OS2/c1-10(12-14-15-13-10)17-7-4-8-18(16)9-5-2-3-6-11-9/h2-3,5-6H,4,7-8H2,1H3. The maximum absolute atomic E-state index is 11.9. The molecule has 0 radical (unpaired) electrons. The SMILES string of the molecule is CC1(SCCC[S+]([O-])c2ccccn2)N=NN=N1. The lowest BCUT2D eigenvalue weighted by Gasteiger charge is -2.13. The summed E-state index contributed by atoms with van der Waals surface area (Å²) in [7, 11) is 0. The molecule has 0 fully saturated rings. The fraction of sp³-hybridized carbons (Fsp3) is 0.500. The third-order valence-corrected chi connectivity index (χ3v) is 4.79. The average molecular weight is 283 g/mol. The number of rotatable bonds is 6. The van der Waals surface area contributed by atoms with Crippen LogP contribution in [0, 0.1) is 0 Å². The molecule has 0 bridgehead atoms. The molecule has 2 rings (SSSR count). The zero-order chi connectivity index (χ0) is 12.8. The van der Waals surface area contributed by atoms with Gasteiger partial charge in [0.2, 0.25) is 10.0 Å². The Balaban J connectivity index is 1.70. The number of hydrogen-bond donors (Lipinski definition) is 0. The Morgan fingerprint density at radius 2 is 2.11 bits per heavy atom. The van der Waals surface area contributed by atoms with E-state index >= 15 is 0 Å². The van der Waals surface area contributed by atoms with Gasteiger partial charge in [0.05, 0.1) is 0 Å². The van der Waals surface area contributed by atoms with Crippen molar-refractivity contribution in [3.05, 3.63) is 24.4 Å². The fourth-order valence-electron chi connectivity index (χ4n) is 1.33. The highest BCUT2D eigenvalue weighted by Crippen LogP contribution is 2.32. The van der Waals surface area contributed by atoms with Gasteiger partial charge < -0.3 is 4.55 Å². The van der Waals surface area contributed by atoms with Gasteiger partial charge in [0.15, 0.2) is 0 Å². The van der Waals surface area contributed by atoms with Crippen molar-refractivity contribution in [2.24, 2.45) is 20.7 Å². The summed E-state index contributed by atoms with van der Waals surface area (Å²) in [5.74, 6) is 1.40. The van der Waals surface area contributed by atoms with Crippen LogP contribution in [-0.2, 0) is 11.2 Å². The molecule has 1 aliphatic heterocycles. The van der Waals surface area contributed by atoms with Crippen molar-refractivity contribution in [3.63, 3.8) is 0 Å². The quantitative estimate of drug-likeness (QED) is 0.594. The normalized spacial score (nSPS) is 18.1. The lowest BCUT2D eigenvalue weighted by molar-refractivity contribution is 0.590. The summed E-state index contributed by atoms with van der Waals surface area (Å²) < 4.78 is 11.9. The number of nitrogens with zero attached hydrogens (tertiary/aromatic N) is 5. The largest absolute Gasteiger partial charge is 0.610 e. The number of aromatic nitrogens is 1.